The van der Waals surface area contributed by atoms with Crippen LogP contribution < -0.4 is 4.74 Å². The lowest BCUT2D eigenvalue weighted by Gasteiger charge is -2.34. The van der Waals surface area contributed by atoms with Gasteiger partial charge in [-0.3, -0.25) is 0 Å². The molecule has 0 aromatic heterocycles. The van der Waals surface area contributed by atoms with Gasteiger partial charge in [-0.15, -0.1) is 0 Å². The molecule has 2 rings (SSSR count). The molecule has 0 unspecified atom stereocenters. The van der Waals surface area contributed by atoms with Gasteiger partial charge in [0.1, 0.15) is 0 Å². The number of methoxy groups -OCH3 is 1. The quantitative estimate of drug-likeness (QED) is 0.862. The maximum atomic E-state index is 13.4. The molecule has 0 radical (unpaired) electrons. The molecule has 1 heterocycles. The van der Waals surface area contributed by atoms with E-state index in [4.69, 9.17) is 4.74 Å². The van der Waals surface area contributed by atoms with Crippen LogP contribution in [0.15, 0.2) is 23.1 Å². The highest BCUT2D eigenvalue weighted by Gasteiger charge is 2.32. The predicted molar refractivity (Wildman–Crippen MR) is 74.7 cm³/mol. The smallest absolute Gasteiger partial charge is 0.243 e. The Kier molecular flexibility index (Phi) is 4.34. The van der Waals surface area contributed by atoms with Crippen LogP contribution in [-0.4, -0.2) is 32.9 Å². The Morgan fingerprint density at radius 3 is 2.40 bits per heavy atom. The third-order valence-electron chi connectivity index (χ3n) is 3.60. The third-order valence-corrected chi connectivity index (χ3v) is 5.42. The van der Waals surface area contributed by atoms with E-state index in [1.165, 1.54) is 23.5 Å². The van der Waals surface area contributed by atoms with Crippen molar-refractivity contribution in [3.05, 3.63) is 24.0 Å². The first-order valence-corrected chi connectivity index (χ1v) is 8.12. The number of nitrogens with zero attached hydrogens (tertiary/aromatic N) is 1. The van der Waals surface area contributed by atoms with Gasteiger partial charge in [0, 0.05) is 19.2 Å². The first-order chi connectivity index (χ1) is 9.34. The largest absolute Gasteiger partial charge is 0.494 e. The molecule has 0 bridgehead atoms. The van der Waals surface area contributed by atoms with E-state index in [9.17, 15) is 12.8 Å². The number of sulfonamides is 1. The molecule has 0 amide bonds. The minimum Gasteiger partial charge on any atom is -0.494 e. The van der Waals surface area contributed by atoms with E-state index < -0.39 is 15.8 Å². The predicted octanol–water partition coefficient (Wildman–Crippen LogP) is 2.50. The number of ether oxygens (including phenoxy) is 1. The highest BCUT2D eigenvalue weighted by Crippen LogP contribution is 2.28. The van der Waals surface area contributed by atoms with Crippen molar-refractivity contribution >= 4 is 10.0 Å². The highest BCUT2D eigenvalue weighted by atomic mass is 32.2. The Morgan fingerprint density at radius 2 is 1.85 bits per heavy atom. The van der Waals surface area contributed by atoms with Crippen LogP contribution >= 0.6 is 0 Å². The average Bonchev–Trinajstić information content (AvgIpc) is 2.37. The zero-order valence-corrected chi connectivity index (χ0v) is 12.8. The van der Waals surface area contributed by atoms with Crippen LogP contribution in [0.4, 0.5) is 4.39 Å². The zero-order chi connectivity index (χ0) is 14.9. The summed E-state index contributed by atoms with van der Waals surface area (Å²) in [4.78, 5) is 0.0806. The second-order valence-electron chi connectivity index (χ2n) is 5.56. The Balaban J connectivity index is 2.34. The lowest BCUT2D eigenvalue weighted by Crippen LogP contribution is -2.42. The zero-order valence-electron chi connectivity index (χ0n) is 12.0. The van der Waals surface area contributed by atoms with E-state index in [0.29, 0.717) is 24.9 Å². The molecule has 1 aromatic carbocycles. The van der Waals surface area contributed by atoms with Crippen molar-refractivity contribution in [2.75, 3.05) is 20.2 Å². The topological polar surface area (TPSA) is 46.6 Å². The molecule has 6 heteroatoms. The maximum absolute atomic E-state index is 13.4. The van der Waals surface area contributed by atoms with Gasteiger partial charge in [-0.25, -0.2) is 12.8 Å². The average molecular weight is 301 g/mol. The number of benzene rings is 1. The van der Waals surface area contributed by atoms with Gasteiger partial charge in [-0.2, -0.15) is 4.31 Å². The first-order valence-electron chi connectivity index (χ1n) is 6.68. The number of piperidine rings is 1. The van der Waals surface area contributed by atoms with Crippen molar-refractivity contribution in [3.63, 3.8) is 0 Å². The number of hydrogen-bond acceptors (Lipinski definition) is 3. The molecule has 2 atom stereocenters. The molecule has 1 aliphatic rings. The van der Waals surface area contributed by atoms with Crippen LogP contribution in [-0.2, 0) is 10.0 Å². The van der Waals surface area contributed by atoms with Crippen molar-refractivity contribution in [2.45, 2.75) is 25.2 Å². The van der Waals surface area contributed by atoms with E-state index >= 15 is 0 Å². The first kappa shape index (κ1) is 15.3. The van der Waals surface area contributed by atoms with Crippen LogP contribution in [0.1, 0.15) is 20.3 Å². The molecule has 1 fully saturated rings. The Bertz CT molecular complexity index is 578. The Hall–Kier alpha value is -1.14. The Labute approximate surface area is 119 Å². The van der Waals surface area contributed by atoms with Gasteiger partial charge in [0.25, 0.3) is 0 Å². The van der Waals surface area contributed by atoms with Gasteiger partial charge >= 0.3 is 0 Å². The number of hydrogen-bond donors (Lipinski definition) is 0. The molecule has 4 nitrogen and oxygen atoms in total. The van der Waals surface area contributed by atoms with Crippen molar-refractivity contribution in [1.82, 2.24) is 4.31 Å². The van der Waals surface area contributed by atoms with Crippen molar-refractivity contribution in [1.29, 1.82) is 0 Å². The van der Waals surface area contributed by atoms with Gasteiger partial charge in [0.15, 0.2) is 11.6 Å². The lowest BCUT2D eigenvalue weighted by molar-refractivity contribution is 0.222. The molecule has 112 valence electrons. The van der Waals surface area contributed by atoms with Crippen LogP contribution in [0.25, 0.3) is 0 Å². The molecular formula is C14H20FNO3S. The van der Waals surface area contributed by atoms with Crippen LogP contribution in [0.3, 0.4) is 0 Å². The van der Waals surface area contributed by atoms with E-state index in [-0.39, 0.29) is 10.6 Å². The second-order valence-corrected chi connectivity index (χ2v) is 7.50. The van der Waals surface area contributed by atoms with Gasteiger partial charge in [-0.1, -0.05) is 13.8 Å². The summed E-state index contributed by atoms with van der Waals surface area (Å²) in [5.74, 6) is 0.0442. The fraction of sp³-hybridized carbons (Fsp3) is 0.571. The fourth-order valence-electron chi connectivity index (χ4n) is 2.75. The molecule has 1 aromatic rings. The van der Waals surface area contributed by atoms with Crippen molar-refractivity contribution in [3.8, 4) is 5.75 Å². The SMILES string of the molecule is COc1cc(S(=O)(=O)N2C[C@H](C)C[C@@H](C)C2)ccc1F. The normalized spacial score (nSPS) is 24.6. The fourth-order valence-corrected chi connectivity index (χ4v) is 4.45. The summed E-state index contributed by atoms with van der Waals surface area (Å²) in [5, 5.41) is 0. The minimum atomic E-state index is -3.59. The molecule has 0 N–H and O–H groups in total. The highest BCUT2D eigenvalue weighted by molar-refractivity contribution is 7.89. The van der Waals surface area contributed by atoms with Gasteiger partial charge in [-0.05, 0) is 30.4 Å². The summed E-state index contributed by atoms with van der Waals surface area (Å²) in [7, 11) is -2.27. The lowest BCUT2D eigenvalue weighted by atomic mass is 9.94. The second kappa shape index (κ2) is 5.69. The summed E-state index contributed by atoms with van der Waals surface area (Å²) < 4.78 is 44.9. The summed E-state index contributed by atoms with van der Waals surface area (Å²) in [5.41, 5.74) is 0. The Morgan fingerprint density at radius 1 is 1.25 bits per heavy atom. The third kappa shape index (κ3) is 2.96. The van der Waals surface area contributed by atoms with E-state index in [1.54, 1.807) is 0 Å². The molecule has 0 saturated carbocycles. The van der Waals surface area contributed by atoms with Crippen LogP contribution in [0, 0.1) is 17.7 Å². The molecule has 1 aliphatic heterocycles. The molecule has 0 spiro atoms. The molecule has 1 saturated heterocycles. The molecule has 0 aliphatic carbocycles. The summed E-state index contributed by atoms with van der Waals surface area (Å²) in [6, 6.07) is 3.66. The van der Waals surface area contributed by atoms with Gasteiger partial charge in [0.2, 0.25) is 10.0 Å². The summed E-state index contributed by atoms with van der Waals surface area (Å²) in [6.07, 6.45) is 1.03. The standard InChI is InChI=1S/C14H20FNO3S/c1-10-6-11(2)9-16(8-10)20(17,18)12-4-5-13(15)14(7-12)19-3/h4-5,7,10-11H,6,8-9H2,1-3H3/t10-,11-/m1/s1. The van der Waals surface area contributed by atoms with Crippen LogP contribution in [0.2, 0.25) is 0 Å². The summed E-state index contributed by atoms with van der Waals surface area (Å²) >= 11 is 0. The number of rotatable bonds is 3. The molecule has 20 heavy (non-hydrogen) atoms. The van der Waals surface area contributed by atoms with E-state index in [1.807, 2.05) is 13.8 Å². The van der Waals surface area contributed by atoms with E-state index in [0.717, 1.165) is 12.5 Å². The molecular weight excluding hydrogens is 281 g/mol. The summed E-state index contributed by atoms with van der Waals surface area (Å²) in [6.45, 7) is 5.10. The van der Waals surface area contributed by atoms with Gasteiger partial charge in [0.05, 0.1) is 12.0 Å². The minimum absolute atomic E-state index is 0.0517. The van der Waals surface area contributed by atoms with Crippen molar-refractivity contribution in [2.24, 2.45) is 11.8 Å². The maximum Gasteiger partial charge on any atom is 0.243 e. The number of halogens is 1. The monoisotopic (exact) mass is 301 g/mol. The van der Waals surface area contributed by atoms with Crippen LogP contribution in [0.5, 0.6) is 5.75 Å². The van der Waals surface area contributed by atoms with Crippen molar-refractivity contribution < 1.29 is 17.5 Å². The van der Waals surface area contributed by atoms with E-state index in [2.05, 4.69) is 0 Å². The van der Waals surface area contributed by atoms with Gasteiger partial charge < -0.3 is 4.74 Å².